The summed E-state index contributed by atoms with van der Waals surface area (Å²) in [6, 6.07) is -2.30. The Balaban J connectivity index is 1.62. The maximum atomic E-state index is 12.9. The van der Waals surface area contributed by atoms with Crippen LogP contribution in [0.25, 0.3) is 0 Å². The number of aliphatic carboxylic acids is 2. The first-order valence-corrected chi connectivity index (χ1v) is 14.0. The van der Waals surface area contributed by atoms with Gasteiger partial charge in [0.25, 0.3) is 0 Å². The highest BCUT2D eigenvalue weighted by atomic mass is 32.2. The largest absolute Gasteiger partial charge is 0.480 e. The topological polar surface area (TPSA) is 198 Å². The van der Waals surface area contributed by atoms with Crippen molar-refractivity contribution in [3.05, 3.63) is 11.6 Å². The predicted molar refractivity (Wildman–Crippen MR) is 137 cm³/mol. The van der Waals surface area contributed by atoms with Crippen LogP contribution in [0.2, 0.25) is 0 Å². The molecule has 0 saturated carbocycles. The van der Waals surface area contributed by atoms with E-state index in [0.29, 0.717) is 5.75 Å². The molecule has 0 unspecified atom stereocenters. The van der Waals surface area contributed by atoms with Crippen molar-refractivity contribution in [1.82, 2.24) is 10.6 Å². The molecule has 7 atom stereocenters. The van der Waals surface area contributed by atoms with Gasteiger partial charge in [0.2, 0.25) is 11.8 Å². The molecule has 2 amide bonds. The van der Waals surface area contributed by atoms with Crippen LogP contribution in [0.5, 0.6) is 0 Å². The number of carbonyl (C=O) groups is 5. The molecule has 0 radical (unpaired) electrons. The van der Waals surface area contributed by atoms with Gasteiger partial charge in [0.1, 0.15) is 30.8 Å². The number of nitrogens with one attached hydrogen (secondary N) is 2. The molecular formula is C25H37N3O9S. The molecule has 1 aliphatic carbocycles. The molecule has 12 nitrogen and oxygen atoms in total. The number of carbonyl (C=O) groups excluding carboxylic acids is 3. The molecule has 0 bridgehead atoms. The average molecular weight is 556 g/mol. The van der Waals surface area contributed by atoms with E-state index in [1.165, 1.54) is 17.3 Å². The Labute approximate surface area is 225 Å². The zero-order chi connectivity index (χ0) is 28.0. The third-order valence-electron chi connectivity index (χ3n) is 7.39. The van der Waals surface area contributed by atoms with Crippen LogP contribution in [0.15, 0.2) is 11.6 Å². The number of nitrogens with two attached hydrogens (primary N) is 1. The van der Waals surface area contributed by atoms with Crippen molar-refractivity contribution in [2.75, 3.05) is 18.1 Å². The van der Waals surface area contributed by atoms with Crippen LogP contribution in [0.4, 0.5) is 0 Å². The highest BCUT2D eigenvalue weighted by Gasteiger charge is 2.62. The van der Waals surface area contributed by atoms with E-state index >= 15 is 0 Å². The minimum atomic E-state index is -1.24. The second kappa shape index (κ2) is 12.9. The number of hydrogen-bond acceptors (Lipinski definition) is 9. The number of allylic oxidation sites excluding steroid dienone is 2. The molecule has 0 spiro atoms. The molecule has 2 heterocycles. The van der Waals surface area contributed by atoms with Gasteiger partial charge in [0, 0.05) is 23.8 Å². The molecule has 13 heteroatoms. The van der Waals surface area contributed by atoms with Crippen LogP contribution >= 0.6 is 11.8 Å². The number of amides is 2. The van der Waals surface area contributed by atoms with Gasteiger partial charge >= 0.3 is 17.9 Å². The molecule has 3 aliphatic rings. The van der Waals surface area contributed by atoms with E-state index in [0.717, 1.165) is 25.7 Å². The van der Waals surface area contributed by atoms with Crippen molar-refractivity contribution < 1.29 is 43.7 Å². The summed E-state index contributed by atoms with van der Waals surface area (Å²) in [7, 11) is 0. The maximum Gasteiger partial charge on any atom is 0.322 e. The molecule has 0 aromatic rings. The molecule has 212 valence electrons. The number of esters is 1. The number of ether oxygens (including phenoxy) is 2. The number of hydrogen-bond donors (Lipinski definition) is 5. The Morgan fingerprint density at radius 2 is 2.03 bits per heavy atom. The van der Waals surface area contributed by atoms with Gasteiger partial charge in [-0.25, -0.2) is 0 Å². The monoisotopic (exact) mass is 555 g/mol. The summed E-state index contributed by atoms with van der Waals surface area (Å²) in [5.41, 5.74) is 6.39. The Kier molecular flexibility index (Phi) is 10.2. The van der Waals surface area contributed by atoms with Gasteiger partial charge in [-0.1, -0.05) is 11.6 Å². The Bertz CT molecular complexity index is 974. The number of carboxylic acids is 2. The Hall–Kier alpha value is -2.64. The molecule has 2 fully saturated rings. The van der Waals surface area contributed by atoms with Crippen LogP contribution in [0.3, 0.4) is 0 Å². The SMILES string of the molecule is C/C1=C\CC[C@@]2(C)O[C@@H]2[C@H]2OC(=O)[C@@H](CSC[C@H](NC(=O)CC[C@H](N)C(=O)O)C(=O)NCC(=O)O)[C@@H]2CC1. The van der Waals surface area contributed by atoms with Crippen molar-refractivity contribution in [3.63, 3.8) is 0 Å². The van der Waals surface area contributed by atoms with E-state index in [2.05, 4.69) is 23.6 Å². The molecule has 3 rings (SSSR count). The lowest BCUT2D eigenvalue weighted by Gasteiger charge is -2.23. The summed E-state index contributed by atoms with van der Waals surface area (Å²) in [5.74, 6) is -4.07. The normalized spacial score (nSPS) is 31.3. The second-order valence-corrected chi connectivity index (χ2v) is 11.5. The van der Waals surface area contributed by atoms with Gasteiger partial charge in [-0.2, -0.15) is 11.8 Å². The second-order valence-electron chi connectivity index (χ2n) is 10.4. The van der Waals surface area contributed by atoms with Gasteiger partial charge < -0.3 is 36.1 Å². The fraction of sp³-hybridized carbons (Fsp3) is 0.720. The number of fused-ring (bicyclic) bond motifs is 3. The third kappa shape index (κ3) is 7.93. The van der Waals surface area contributed by atoms with E-state index in [4.69, 9.17) is 25.4 Å². The lowest BCUT2D eigenvalue weighted by atomic mass is 9.81. The zero-order valence-electron chi connectivity index (χ0n) is 21.6. The van der Waals surface area contributed by atoms with Gasteiger partial charge in [0.05, 0.1) is 11.5 Å². The van der Waals surface area contributed by atoms with Gasteiger partial charge in [-0.15, -0.1) is 0 Å². The fourth-order valence-electron chi connectivity index (χ4n) is 4.99. The van der Waals surface area contributed by atoms with Crippen LogP contribution in [-0.2, 0) is 33.4 Å². The van der Waals surface area contributed by atoms with E-state index < -0.39 is 48.3 Å². The smallest absolute Gasteiger partial charge is 0.322 e. The van der Waals surface area contributed by atoms with E-state index in [-0.39, 0.29) is 48.3 Å². The molecule has 2 saturated heterocycles. The van der Waals surface area contributed by atoms with Crippen LogP contribution in [0, 0.1) is 11.8 Å². The first-order valence-electron chi connectivity index (χ1n) is 12.8. The van der Waals surface area contributed by atoms with Crippen LogP contribution in [-0.4, -0.2) is 87.9 Å². The van der Waals surface area contributed by atoms with Crippen LogP contribution < -0.4 is 16.4 Å². The van der Waals surface area contributed by atoms with Crippen molar-refractivity contribution in [3.8, 4) is 0 Å². The maximum absolute atomic E-state index is 12.9. The minimum Gasteiger partial charge on any atom is -0.480 e. The highest BCUT2D eigenvalue weighted by Crippen LogP contribution is 2.50. The first kappa shape index (κ1) is 29.9. The lowest BCUT2D eigenvalue weighted by molar-refractivity contribution is -0.144. The molecular weight excluding hydrogens is 518 g/mol. The number of rotatable bonds is 12. The number of epoxide rings is 1. The summed E-state index contributed by atoms with van der Waals surface area (Å²) in [6.07, 6.45) is 4.82. The van der Waals surface area contributed by atoms with E-state index in [1.807, 2.05) is 6.92 Å². The van der Waals surface area contributed by atoms with E-state index in [9.17, 15) is 24.0 Å². The molecule has 2 aliphatic heterocycles. The lowest BCUT2D eigenvalue weighted by Crippen LogP contribution is -2.49. The molecule has 0 aromatic heterocycles. The standard InChI is InChI=1S/C25H37N3O9S/c1-13-4-3-9-25(2)21(37-25)20-14(6-5-13)15(24(35)36-20)11-38-12-17(22(32)27-10-19(30)31)28-18(29)8-7-16(26)23(33)34/h4,14-17,20-21H,3,5-12,26H2,1-2H3,(H,27,32)(H,28,29)(H,30,31)(H,33,34)/b13-4+/t14-,15-,16-,17-,20-,21+,25+/m0/s1. The van der Waals surface area contributed by atoms with Crippen molar-refractivity contribution in [2.45, 2.75) is 82.3 Å². The Morgan fingerprint density at radius 1 is 1.29 bits per heavy atom. The molecule has 38 heavy (non-hydrogen) atoms. The number of carboxylic acid groups (broad SMARTS) is 2. The number of thioether (sulfide) groups is 1. The summed E-state index contributed by atoms with van der Waals surface area (Å²) in [5, 5.41) is 22.6. The fourth-order valence-corrected chi connectivity index (χ4v) is 6.23. The van der Waals surface area contributed by atoms with Gasteiger partial charge in [-0.3, -0.25) is 24.0 Å². The van der Waals surface area contributed by atoms with E-state index in [1.54, 1.807) is 0 Å². The van der Waals surface area contributed by atoms with Gasteiger partial charge in [-0.05, 0) is 46.0 Å². The predicted octanol–water partition coefficient (Wildman–Crippen LogP) is 0.433. The summed E-state index contributed by atoms with van der Waals surface area (Å²) >= 11 is 1.29. The van der Waals surface area contributed by atoms with Gasteiger partial charge in [0.15, 0.2) is 0 Å². The highest BCUT2D eigenvalue weighted by molar-refractivity contribution is 7.99. The summed E-state index contributed by atoms with van der Waals surface area (Å²) in [6.45, 7) is 3.51. The minimum absolute atomic E-state index is 0.0466. The third-order valence-corrected chi connectivity index (χ3v) is 8.55. The summed E-state index contributed by atoms with van der Waals surface area (Å²) in [4.78, 5) is 59.6. The first-order chi connectivity index (χ1) is 17.9. The zero-order valence-corrected chi connectivity index (χ0v) is 22.5. The Morgan fingerprint density at radius 3 is 2.71 bits per heavy atom. The average Bonchev–Trinajstić information content (AvgIpc) is 3.42. The van der Waals surface area contributed by atoms with Crippen molar-refractivity contribution in [2.24, 2.45) is 17.6 Å². The quantitative estimate of drug-likeness (QED) is 0.127. The van der Waals surface area contributed by atoms with Crippen LogP contribution in [0.1, 0.15) is 52.4 Å². The van der Waals surface area contributed by atoms with Crippen molar-refractivity contribution in [1.29, 1.82) is 0 Å². The van der Waals surface area contributed by atoms with Crippen molar-refractivity contribution >= 4 is 41.5 Å². The molecule has 6 N–H and O–H groups in total. The summed E-state index contributed by atoms with van der Waals surface area (Å²) < 4.78 is 11.8. The molecule has 0 aromatic carbocycles.